The van der Waals surface area contributed by atoms with Crippen molar-refractivity contribution >= 4 is 29.7 Å². The third kappa shape index (κ3) is 8.54. The number of ether oxygens (including phenoxy) is 1. The van der Waals surface area contributed by atoms with E-state index in [0.29, 0.717) is 24.9 Å². The van der Waals surface area contributed by atoms with Crippen LogP contribution in [0.15, 0.2) is 24.3 Å². The molecule has 0 heterocycles. The topological polar surface area (TPSA) is 179 Å². The SMILES string of the molecule is CCCCCNC(=O)C(Cc1ccc(OC(C(=O)O)C(=O)O)cc1)NC(=O)[C@@H]1CCCCC1C(=O)O. The van der Waals surface area contributed by atoms with Crippen molar-refractivity contribution in [2.45, 2.75) is 70.4 Å². The van der Waals surface area contributed by atoms with E-state index < -0.39 is 47.8 Å². The van der Waals surface area contributed by atoms with Crippen LogP contribution in [-0.2, 0) is 30.4 Å². The third-order valence-electron chi connectivity index (χ3n) is 6.20. The lowest BCUT2D eigenvalue weighted by molar-refractivity contribution is -0.159. The van der Waals surface area contributed by atoms with Crippen molar-refractivity contribution < 1.29 is 44.0 Å². The fourth-order valence-corrected chi connectivity index (χ4v) is 4.22. The molecule has 0 aromatic heterocycles. The number of carboxylic acids is 3. The number of aliphatic carboxylic acids is 3. The minimum atomic E-state index is -2.06. The summed E-state index contributed by atoms with van der Waals surface area (Å²) in [6, 6.07) is 4.90. The van der Waals surface area contributed by atoms with E-state index in [1.807, 2.05) is 6.92 Å². The van der Waals surface area contributed by atoms with E-state index in [2.05, 4.69) is 10.6 Å². The summed E-state index contributed by atoms with van der Waals surface area (Å²) in [5.41, 5.74) is 0.608. The van der Waals surface area contributed by atoms with Gasteiger partial charge in [-0.15, -0.1) is 0 Å². The predicted molar refractivity (Wildman–Crippen MR) is 127 cm³/mol. The number of benzene rings is 1. The molecule has 1 aromatic rings. The van der Waals surface area contributed by atoms with Crippen LogP contribution in [0.4, 0.5) is 0 Å². The number of carbonyl (C=O) groups excluding carboxylic acids is 2. The molecule has 198 valence electrons. The number of unbranched alkanes of at least 4 members (excludes halogenated alkanes) is 2. The summed E-state index contributed by atoms with van der Waals surface area (Å²) < 4.78 is 5.00. The molecule has 2 unspecified atom stereocenters. The molecule has 36 heavy (non-hydrogen) atoms. The van der Waals surface area contributed by atoms with Crippen LogP contribution in [0.5, 0.6) is 5.75 Å². The Morgan fingerprint density at radius 3 is 2.11 bits per heavy atom. The van der Waals surface area contributed by atoms with E-state index in [1.54, 1.807) is 12.1 Å². The Bertz CT molecular complexity index is 918. The van der Waals surface area contributed by atoms with Crippen molar-refractivity contribution in [3.8, 4) is 5.75 Å². The van der Waals surface area contributed by atoms with Crippen LogP contribution >= 0.6 is 0 Å². The average Bonchev–Trinajstić information content (AvgIpc) is 2.85. The smallest absolute Gasteiger partial charge is 0.356 e. The maximum atomic E-state index is 13.0. The minimum absolute atomic E-state index is 0.0182. The van der Waals surface area contributed by atoms with Gasteiger partial charge in [0.15, 0.2) is 0 Å². The minimum Gasteiger partial charge on any atom is -0.481 e. The molecule has 3 atom stereocenters. The summed E-state index contributed by atoms with van der Waals surface area (Å²) in [5.74, 6) is -6.66. The first-order valence-electron chi connectivity index (χ1n) is 12.2. The zero-order chi connectivity index (χ0) is 26.7. The highest BCUT2D eigenvalue weighted by atomic mass is 16.5. The van der Waals surface area contributed by atoms with Crippen molar-refractivity contribution in [1.82, 2.24) is 10.6 Å². The summed E-state index contributed by atoms with van der Waals surface area (Å²) in [4.78, 5) is 59.6. The van der Waals surface area contributed by atoms with E-state index in [1.165, 1.54) is 12.1 Å². The Kier molecular flexibility index (Phi) is 11.2. The largest absolute Gasteiger partial charge is 0.481 e. The molecule has 11 nitrogen and oxygen atoms in total. The molecule has 0 saturated heterocycles. The summed E-state index contributed by atoms with van der Waals surface area (Å²) in [6.45, 7) is 2.48. The van der Waals surface area contributed by atoms with Gasteiger partial charge in [0, 0.05) is 13.0 Å². The molecule has 1 saturated carbocycles. The van der Waals surface area contributed by atoms with E-state index in [0.717, 1.165) is 32.1 Å². The number of carbonyl (C=O) groups is 5. The molecule has 0 radical (unpaired) electrons. The molecular weight excluding hydrogens is 472 g/mol. The number of carboxylic acid groups (broad SMARTS) is 3. The molecular formula is C25H34N2O9. The zero-order valence-electron chi connectivity index (χ0n) is 20.3. The number of hydrogen-bond acceptors (Lipinski definition) is 6. The predicted octanol–water partition coefficient (Wildman–Crippen LogP) is 1.83. The van der Waals surface area contributed by atoms with Crippen LogP contribution < -0.4 is 15.4 Å². The summed E-state index contributed by atoms with van der Waals surface area (Å²) in [6.07, 6.45) is 3.07. The normalized spacial score (nSPS) is 18.2. The highest BCUT2D eigenvalue weighted by Gasteiger charge is 2.37. The molecule has 0 bridgehead atoms. The zero-order valence-corrected chi connectivity index (χ0v) is 20.3. The lowest BCUT2D eigenvalue weighted by Gasteiger charge is -2.29. The summed E-state index contributed by atoms with van der Waals surface area (Å²) in [5, 5.41) is 33.0. The molecule has 0 spiro atoms. The first-order valence-corrected chi connectivity index (χ1v) is 12.2. The fraction of sp³-hybridized carbons (Fsp3) is 0.560. The second kappa shape index (κ2) is 14.1. The van der Waals surface area contributed by atoms with Gasteiger partial charge in [-0.1, -0.05) is 44.7 Å². The summed E-state index contributed by atoms with van der Waals surface area (Å²) in [7, 11) is 0. The molecule has 2 amide bonds. The Balaban J connectivity index is 2.14. The first-order chi connectivity index (χ1) is 17.1. The van der Waals surface area contributed by atoms with Crippen molar-refractivity contribution in [1.29, 1.82) is 0 Å². The van der Waals surface area contributed by atoms with E-state index in [4.69, 9.17) is 14.9 Å². The third-order valence-corrected chi connectivity index (χ3v) is 6.20. The van der Waals surface area contributed by atoms with Crippen molar-refractivity contribution in [2.75, 3.05) is 6.54 Å². The van der Waals surface area contributed by atoms with Gasteiger partial charge in [0.25, 0.3) is 6.10 Å². The van der Waals surface area contributed by atoms with Gasteiger partial charge in [0.2, 0.25) is 11.8 Å². The first kappa shape index (κ1) is 28.6. The maximum Gasteiger partial charge on any atom is 0.356 e. The monoisotopic (exact) mass is 506 g/mol. The van der Waals surface area contributed by atoms with Crippen molar-refractivity contribution in [2.24, 2.45) is 11.8 Å². The second-order valence-corrected chi connectivity index (χ2v) is 8.92. The molecule has 0 aliphatic heterocycles. The second-order valence-electron chi connectivity index (χ2n) is 8.92. The molecule has 1 aromatic carbocycles. The lowest BCUT2D eigenvalue weighted by atomic mass is 9.78. The molecule has 11 heteroatoms. The standard InChI is InChI=1S/C25H34N2O9/c1-2-3-6-13-26-22(29)19(27-21(28)17-7-4-5-8-18(17)23(30)31)14-15-9-11-16(12-10-15)36-20(24(32)33)25(34)35/h9-12,17-20H,2-8,13-14H2,1H3,(H,26,29)(H,27,28)(H,30,31)(H,32,33)(H,34,35)/t17-,18?,19?/m1/s1. The van der Waals surface area contributed by atoms with Crippen LogP contribution in [0.25, 0.3) is 0 Å². The molecule has 2 rings (SSSR count). The quantitative estimate of drug-likeness (QED) is 0.186. The number of hydrogen-bond donors (Lipinski definition) is 5. The van der Waals surface area contributed by atoms with Gasteiger partial charge in [-0.05, 0) is 37.0 Å². The van der Waals surface area contributed by atoms with Crippen LogP contribution in [-0.4, -0.2) is 63.7 Å². The van der Waals surface area contributed by atoms with Gasteiger partial charge in [-0.2, -0.15) is 0 Å². The van der Waals surface area contributed by atoms with Gasteiger partial charge in [-0.25, -0.2) is 9.59 Å². The number of nitrogens with one attached hydrogen (secondary N) is 2. The van der Waals surface area contributed by atoms with Crippen molar-refractivity contribution in [3.63, 3.8) is 0 Å². The fourth-order valence-electron chi connectivity index (χ4n) is 4.22. The molecule has 1 aliphatic carbocycles. The van der Waals surface area contributed by atoms with Crippen LogP contribution in [0.1, 0.15) is 57.4 Å². The highest BCUT2D eigenvalue weighted by molar-refractivity contribution is 5.96. The number of rotatable bonds is 14. The Morgan fingerprint density at radius 1 is 0.944 bits per heavy atom. The van der Waals surface area contributed by atoms with Crippen LogP contribution in [0, 0.1) is 11.8 Å². The van der Waals surface area contributed by atoms with E-state index in [-0.39, 0.29) is 18.1 Å². The Labute approximate surface area is 209 Å². The van der Waals surface area contributed by atoms with E-state index in [9.17, 15) is 29.1 Å². The highest BCUT2D eigenvalue weighted by Crippen LogP contribution is 2.30. The lowest BCUT2D eigenvalue weighted by Crippen LogP contribution is -2.51. The van der Waals surface area contributed by atoms with Crippen LogP contribution in [0.3, 0.4) is 0 Å². The van der Waals surface area contributed by atoms with Gasteiger partial charge >= 0.3 is 17.9 Å². The Morgan fingerprint density at radius 2 is 1.56 bits per heavy atom. The van der Waals surface area contributed by atoms with Gasteiger partial charge < -0.3 is 30.7 Å². The molecule has 5 N–H and O–H groups in total. The number of amides is 2. The van der Waals surface area contributed by atoms with Gasteiger partial charge in [-0.3, -0.25) is 14.4 Å². The van der Waals surface area contributed by atoms with Gasteiger partial charge in [0.05, 0.1) is 11.8 Å². The molecule has 1 fully saturated rings. The summed E-state index contributed by atoms with van der Waals surface area (Å²) >= 11 is 0. The maximum absolute atomic E-state index is 13.0. The Hall–Kier alpha value is -3.63. The molecule has 1 aliphatic rings. The average molecular weight is 507 g/mol. The van der Waals surface area contributed by atoms with Crippen LogP contribution in [0.2, 0.25) is 0 Å². The van der Waals surface area contributed by atoms with Gasteiger partial charge in [0.1, 0.15) is 11.8 Å². The van der Waals surface area contributed by atoms with Crippen molar-refractivity contribution in [3.05, 3.63) is 29.8 Å². The van der Waals surface area contributed by atoms with E-state index >= 15 is 0 Å².